The molecule has 0 unspecified atom stereocenters. The zero-order chi connectivity index (χ0) is 17.9. The Bertz CT molecular complexity index is 1040. The van der Waals surface area contributed by atoms with Gasteiger partial charge >= 0.3 is 0 Å². The van der Waals surface area contributed by atoms with E-state index in [0.29, 0.717) is 5.56 Å². The van der Waals surface area contributed by atoms with Crippen molar-refractivity contribution in [3.05, 3.63) is 77.0 Å². The van der Waals surface area contributed by atoms with Crippen molar-refractivity contribution in [1.29, 1.82) is 0 Å². The SMILES string of the molecule is O=C(NC1CC2(C1)c1ccccc1-c1cncn12)c1ccc(F)c(Cl)c1. The van der Waals surface area contributed by atoms with Gasteiger partial charge in [0.25, 0.3) is 5.91 Å². The molecule has 1 spiro atoms. The highest BCUT2D eigenvalue weighted by atomic mass is 35.5. The molecule has 2 aliphatic rings. The van der Waals surface area contributed by atoms with E-state index in [0.717, 1.165) is 18.5 Å². The molecule has 1 aliphatic carbocycles. The van der Waals surface area contributed by atoms with Crippen molar-refractivity contribution in [2.24, 2.45) is 0 Å². The van der Waals surface area contributed by atoms with Gasteiger partial charge in [0.1, 0.15) is 5.82 Å². The second-order valence-corrected chi connectivity index (χ2v) is 7.34. The molecule has 2 heterocycles. The van der Waals surface area contributed by atoms with Crippen LogP contribution in [0, 0.1) is 5.82 Å². The Morgan fingerprint density at radius 1 is 1.27 bits per heavy atom. The van der Waals surface area contributed by atoms with E-state index in [-0.39, 0.29) is 22.5 Å². The number of carbonyl (C=O) groups excluding carboxylic acids is 1. The van der Waals surface area contributed by atoms with Gasteiger partial charge in [0, 0.05) is 17.2 Å². The number of fused-ring (bicyclic) bond motifs is 5. The number of rotatable bonds is 2. The fourth-order valence-electron chi connectivity index (χ4n) is 4.26. The molecule has 2 aromatic carbocycles. The van der Waals surface area contributed by atoms with Crippen molar-refractivity contribution in [2.75, 3.05) is 0 Å². The van der Waals surface area contributed by atoms with Crippen molar-refractivity contribution < 1.29 is 9.18 Å². The predicted molar refractivity (Wildman–Crippen MR) is 96.6 cm³/mol. The van der Waals surface area contributed by atoms with Crippen LogP contribution in [0.15, 0.2) is 55.0 Å². The molecule has 0 radical (unpaired) electrons. The van der Waals surface area contributed by atoms with Crippen LogP contribution in [0.3, 0.4) is 0 Å². The third-order valence-corrected chi connectivity index (χ3v) is 5.78. The third kappa shape index (κ3) is 2.07. The number of nitrogens with one attached hydrogen (secondary N) is 1. The number of amides is 1. The van der Waals surface area contributed by atoms with E-state index in [1.165, 1.54) is 29.3 Å². The van der Waals surface area contributed by atoms with Gasteiger partial charge in [-0.2, -0.15) is 0 Å². The zero-order valence-electron chi connectivity index (χ0n) is 13.7. The molecular formula is C20H15ClFN3O. The fraction of sp³-hybridized carbons (Fsp3) is 0.200. The molecule has 1 aromatic heterocycles. The minimum atomic E-state index is -0.527. The van der Waals surface area contributed by atoms with Gasteiger partial charge < -0.3 is 9.88 Å². The predicted octanol–water partition coefficient (Wildman–Crippen LogP) is 3.99. The van der Waals surface area contributed by atoms with Crippen LogP contribution in [0.5, 0.6) is 0 Å². The lowest BCUT2D eigenvalue weighted by Crippen LogP contribution is -2.55. The van der Waals surface area contributed by atoms with Gasteiger partial charge in [-0.3, -0.25) is 4.79 Å². The van der Waals surface area contributed by atoms with Crippen LogP contribution in [0.1, 0.15) is 28.8 Å². The van der Waals surface area contributed by atoms with E-state index in [4.69, 9.17) is 11.6 Å². The lowest BCUT2D eigenvalue weighted by atomic mass is 9.68. The summed E-state index contributed by atoms with van der Waals surface area (Å²) in [5.41, 5.74) is 3.84. The number of halogens is 2. The van der Waals surface area contributed by atoms with Gasteiger partial charge in [-0.15, -0.1) is 0 Å². The summed E-state index contributed by atoms with van der Waals surface area (Å²) in [6.45, 7) is 0. The molecule has 1 amide bonds. The highest BCUT2D eigenvalue weighted by Crippen LogP contribution is 2.54. The Labute approximate surface area is 154 Å². The molecule has 5 rings (SSSR count). The lowest BCUT2D eigenvalue weighted by Gasteiger charge is -2.47. The molecular weight excluding hydrogens is 353 g/mol. The first-order valence-corrected chi connectivity index (χ1v) is 8.85. The Morgan fingerprint density at radius 3 is 2.88 bits per heavy atom. The fourth-order valence-corrected chi connectivity index (χ4v) is 4.44. The van der Waals surface area contributed by atoms with E-state index < -0.39 is 5.82 Å². The lowest BCUT2D eigenvalue weighted by molar-refractivity contribution is 0.0835. The summed E-state index contributed by atoms with van der Waals surface area (Å²) in [7, 11) is 0. The van der Waals surface area contributed by atoms with E-state index in [1.54, 1.807) is 0 Å². The number of nitrogens with zero attached hydrogens (tertiary/aromatic N) is 2. The average Bonchev–Trinajstić information content (AvgIpc) is 3.18. The number of carbonyl (C=O) groups is 1. The highest BCUT2D eigenvalue weighted by Gasteiger charge is 2.52. The van der Waals surface area contributed by atoms with Gasteiger partial charge in [0.15, 0.2) is 0 Å². The van der Waals surface area contributed by atoms with Gasteiger partial charge in [0.05, 0.1) is 28.8 Å². The van der Waals surface area contributed by atoms with Gasteiger partial charge in [-0.1, -0.05) is 35.9 Å². The van der Waals surface area contributed by atoms with Gasteiger partial charge in [-0.25, -0.2) is 9.37 Å². The number of aromatic nitrogens is 2. The van der Waals surface area contributed by atoms with Gasteiger partial charge in [-0.05, 0) is 36.6 Å². The topological polar surface area (TPSA) is 46.9 Å². The maximum atomic E-state index is 13.3. The number of hydrogen-bond donors (Lipinski definition) is 1. The summed E-state index contributed by atoms with van der Waals surface area (Å²) in [5, 5.41) is 2.98. The molecule has 4 nitrogen and oxygen atoms in total. The smallest absolute Gasteiger partial charge is 0.251 e. The minimum Gasteiger partial charge on any atom is -0.349 e. The number of imidazole rings is 1. The summed E-state index contributed by atoms with van der Waals surface area (Å²) in [6, 6.07) is 12.4. The van der Waals surface area contributed by atoms with E-state index in [1.807, 2.05) is 24.7 Å². The van der Waals surface area contributed by atoms with Crippen molar-refractivity contribution in [2.45, 2.75) is 24.4 Å². The second kappa shape index (κ2) is 5.42. The summed E-state index contributed by atoms with van der Waals surface area (Å²) >= 11 is 5.78. The van der Waals surface area contributed by atoms with Crippen LogP contribution in [0.25, 0.3) is 11.3 Å². The average molecular weight is 368 g/mol. The quantitative estimate of drug-likeness (QED) is 0.744. The van der Waals surface area contributed by atoms with E-state index in [2.05, 4.69) is 27.0 Å². The summed E-state index contributed by atoms with van der Waals surface area (Å²) in [6.07, 6.45) is 5.36. The third-order valence-electron chi connectivity index (χ3n) is 5.49. The van der Waals surface area contributed by atoms with Crippen LogP contribution < -0.4 is 5.32 Å². The second-order valence-electron chi connectivity index (χ2n) is 6.93. The van der Waals surface area contributed by atoms with Crippen molar-refractivity contribution >= 4 is 17.5 Å². The van der Waals surface area contributed by atoms with Crippen molar-refractivity contribution in [3.63, 3.8) is 0 Å². The molecule has 0 bridgehead atoms. The summed E-state index contributed by atoms with van der Waals surface area (Å²) in [5.74, 6) is -0.759. The number of hydrogen-bond acceptors (Lipinski definition) is 2. The molecule has 0 saturated heterocycles. The molecule has 1 aliphatic heterocycles. The molecule has 1 N–H and O–H groups in total. The first-order chi connectivity index (χ1) is 12.6. The van der Waals surface area contributed by atoms with Crippen LogP contribution in [0.4, 0.5) is 4.39 Å². The maximum absolute atomic E-state index is 13.3. The largest absolute Gasteiger partial charge is 0.349 e. The van der Waals surface area contributed by atoms with E-state index >= 15 is 0 Å². The molecule has 1 saturated carbocycles. The standard InChI is InChI=1S/C20H15ClFN3O/c21-16-7-12(5-6-17(16)22)19(26)24-13-8-20(9-13)15-4-2-1-3-14(15)18-10-23-11-25(18)20/h1-7,10-11,13H,8-9H2,(H,24,26). The van der Waals surface area contributed by atoms with Crippen LogP contribution in [0.2, 0.25) is 5.02 Å². The first-order valence-electron chi connectivity index (χ1n) is 8.47. The maximum Gasteiger partial charge on any atom is 0.251 e. The first kappa shape index (κ1) is 15.6. The summed E-state index contributed by atoms with van der Waals surface area (Å²) < 4.78 is 15.5. The normalized spacial score (nSPS) is 22.6. The van der Waals surface area contributed by atoms with Crippen molar-refractivity contribution in [3.8, 4) is 11.3 Å². The molecule has 6 heteroatoms. The van der Waals surface area contributed by atoms with Crippen LogP contribution in [-0.2, 0) is 5.54 Å². The summed E-state index contributed by atoms with van der Waals surface area (Å²) in [4.78, 5) is 16.7. The van der Waals surface area contributed by atoms with Gasteiger partial charge in [0.2, 0.25) is 0 Å². The van der Waals surface area contributed by atoms with Crippen LogP contribution in [-0.4, -0.2) is 21.5 Å². The molecule has 130 valence electrons. The Morgan fingerprint density at radius 2 is 2.08 bits per heavy atom. The molecule has 1 fully saturated rings. The zero-order valence-corrected chi connectivity index (χ0v) is 14.5. The Hall–Kier alpha value is -2.66. The highest BCUT2D eigenvalue weighted by molar-refractivity contribution is 6.31. The molecule has 0 atom stereocenters. The Kier molecular flexibility index (Phi) is 3.25. The Balaban J connectivity index is 1.38. The monoisotopic (exact) mass is 367 g/mol. The molecule has 3 aromatic rings. The van der Waals surface area contributed by atoms with E-state index in [9.17, 15) is 9.18 Å². The van der Waals surface area contributed by atoms with Crippen LogP contribution >= 0.6 is 11.6 Å². The minimum absolute atomic E-state index is 0.0458. The molecule has 26 heavy (non-hydrogen) atoms. The van der Waals surface area contributed by atoms with Crippen molar-refractivity contribution in [1.82, 2.24) is 14.9 Å². The number of benzene rings is 2.